The quantitative estimate of drug-likeness (QED) is 0.746. The molecule has 0 aliphatic carbocycles. The number of carbonyl (C=O) groups is 1. The monoisotopic (exact) mass is 281 g/mol. The number of fused-ring (bicyclic) bond motifs is 1. The first-order valence-corrected chi connectivity index (χ1v) is 6.57. The van der Waals surface area contributed by atoms with Crippen LogP contribution in [0.1, 0.15) is 10.4 Å². The normalized spacial score (nSPS) is 10.6. The van der Waals surface area contributed by atoms with Gasteiger partial charge >= 0.3 is 5.97 Å². The van der Waals surface area contributed by atoms with Gasteiger partial charge in [-0.15, -0.1) is 0 Å². The van der Waals surface area contributed by atoms with Crippen molar-refractivity contribution in [2.24, 2.45) is 0 Å². The number of hydrogen-bond acceptors (Lipinski definition) is 3. The van der Waals surface area contributed by atoms with Crippen molar-refractivity contribution in [3.05, 3.63) is 54.2 Å². The van der Waals surface area contributed by atoms with Gasteiger partial charge in [0.25, 0.3) is 0 Å². The summed E-state index contributed by atoms with van der Waals surface area (Å²) in [5.74, 6) is 0.490. The molecule has 1 N–H and O–H groups in total. The van der Waals surface area contributed by atoms with Crippen LogP contribution in [-0.2, 0) is 4.74 Å². The van der Waals surface area contributed by atoms with Crippen LogP contribution in [0.5, 0.6) is 5.75 Å². The van der Waals surface area contributed by atoms with E-state index in [0.717, 1.165) is 27.8 Å². The summed E-state index contributed by atoms with van der Waals surface area (Å²) in [6.07, 6.45) is 1.94. The summed E-state index contributed by atoms with van der Waals surface area (Å²) in [5.41, 5.74) is 3.62. The van der Waals surface area contributed by atoms with Crippen molar-refractivity contribution in [2.45, 2.75) is 0 Å². The fourth-order valence-electron chi connectivity index (χ4n) is 2.38. The third kappa shape index (κ3) is 2.36. The Hall–Kier alpha value is -2.75. The van der Waals surface area contributed by atoms with E-state index in [-0.39, 0.29) is 5.97 Å². The smallest absolute Gasteiger partial charge is 0.337 e. The first-order valence-electron chi connectivity index (χ1n) is 6.57. The molecule has 0 radical (unpaired) electrons. The number of rotatable bonds is 3. The van der Waals surface area contributed by atoms with Crippen molar-refractivity contribution in [1.82, 2.24) is 4.98 Å². The summed E-state index contributed by atoms with van der Waals surface area (Å²) in [6, 6.07) is 13.4. The lowest BCUT2D eigenvalue weighted by Gasteiger charge is -2.03. The van der Waals surface area contributed by atoms with E-state index in [4.69, 9.17) is 9.47 Å². The molecule has 4 nitrogen and oxygen atoms in total. The third-order valence-corrected chi connectivity index (χ3v) is 3.50. The van der Waals surface area contributed by atoms with Gasteiger partial charge in [-0.25, -0.2) is 4.79 Å². The number of carbonyl (C=O) groups excluding carboxylic acids is 1. The van der Waals surface area contributed by atoms with Gasteiger partial charge in [-0.05, 0) is 29.8 Å². The number of benzene rings is 2. The molecular weight excluding hydrogens is 266 g/mol. The second-order valence-electron chi connectivity index (χ2n) is 4.68. The average molecular weight is 281 g/mol. The van der Waals surface area contributed by atoms with Crippen LogP contribution >= 0.6 is 0 Å². The zero-order chi connectivity index (χ0) is 14.8. The molecule has 1 aromatic heterocycles. The van der Waals surface area contributed by atoms with Crippen LogP contribution in [0.25, 0.3) is 22.0 Å². The summed E-state index contributed by atoms with van der Waals surface area (Å²) in [5, 5.41) is 1.06. The van der Waals surface area contributed by atoms with E-state index >= 15 is 0 Å². The lowest BCUT2D eigenvalue weighted by atomic mass is 10.0. The van der Waals surface area contributed by atoms with Gasteiger partial charge in [-0.2, -0.15) is 0 Å². The highest BCUT2D eigenvalue weighted by Gasteiger charge is 2.10. The largest absolute Gasteiger partial charge is 0.497 e. The highest BCUT2D eigenvalue weighted by atomic mass is 16.5. The van der Waals surface area contributed by atoms with Crippen LogP contribution in [0.4, 0.5) is 0 Å². The number of aromatic amines is 1. The highest BCUT2D eigenvalue weighted by molar-refractivity contribution is 6.00. The minimum absolute atomic E-state index is 0.336. The van der Waals surface area contributed by atoms with Crippen LogP contribution in [0.2, 0.25) is 0 Å². The molecule has 3 rings (SSSR count). The number of aromatic nitrogens is 1. The Kier molecular flexibility index (Phi) is 3.36. The predicted molar refractivity (Wildman–Crippen MR) is 81.6 cm³/mol. The van der Waals surface area contributed by atoms with Gasteiger partial charge in [0.2, 0.25) is 0 Å². The van der Waals surface area contributed by atoms with Crippen molar-refractivity contribution in [1.29, 1.82) is 0 Å². The van der Waals surface area contributed by atoms with Crippen molar-refractivity contribution in [2.75, 3.05) is 14.2 Å². The standard InChI is InChI=1S/C17H15NO3/c1-20-13-6-3-11(4-7-13)15-10-18-16-9-12(17(19)21-2)5-8-14(15)16/h3-10,18H,1-2H3. The Bertz CT molecular complexity index is 787. The van der Waals surface area contributed by atoms with Gasteiger partial charge in [0, 0.05) is 22.7 Å². The maximum absolute atomic E-state index is 11.6. The van der Waals surface area contributed by atoms with E-state index in [0.29, 0.717) is 5.56 Å². The number of esters is 1. The maximum atomic E-state index is 11.6. The topological polar surface area (TPSA) is 51.3 Å². The first kappa shape index (κ1) is 13.2. The molecule has 2 aromatic carbocycles. The number of H-pyrrole nitrogens is 1. The van der Waals surface area contributed by atoms with Crippen LogP contribution in [0.3, 0.4) is 0 Å². The highest BCUT2D eigenvalue weighted by Crippen LogP contribution is 2.30. The fourth-order valence-corrected chi connectivity index (χ4v) is 2.38. The summed E-state index contributed by atoms with van der Waals surface area (Å²) >= 11 is 0. The number of hydrogen-bond donors (Lipinski definition) is 1. The average Bonchev–Trinajstić information content (AvgIpc) is 2.97. The minimum Gasteiger partial charge on any atom is -0.497 e. The Balaban J connectivity index is 2.05. The zero-order valence-electron chi connectivity index (χ0n) is 11.8. The van der Waals surface area contributed by atoms with Gasteiger partial charge in [-0.1, -0.05) is 18.2 Å². The molecule has 21 heavy (non-hydrogen) atoms. The third-order valence-electron chi connectivity index (χ3n) is 3.50. The lowest BCUT2D eigenvalue weighted by Crippen LogP contribution is -2.00. The van der Waals surface area contributed by atoms with Crippen molar-refractivity contribution < 1.29 is 14.3 Å². The lowest BCUT2D eigenvalue weighted by molar-refractivity contribution is 0.0601. The molecule has 3 aromatic rings. The Morgan fingerprint density at radius 2 is 1.81 bits per heavy atom. The van der Waals surface area contributed by atoms with E-state index < -0.39 is 0 Å². The van der Waals surface area contributed by atoms with Crippen LogP contribution in [0, 0.1) is 0 Å². The molecule has 0 bridgehead atoms. The first-order chi connectivity index (χ1) is 10.2. The molecule has 0 amide bonds. The fraction of sp³-hybridized carbons (Fsp3) is 0.118. The van der Waals surface area contributed by atoms with E-state index in [1.807, 2.05) is 36.5 Å². The van der Waals surface area contributed by atoms with Gasteiger partial charge in [-0.3, -0.25) is 0 Å². The number of ether oxygens (including phenoxy) is 2. The summed E-state index contributed by atoms with van der Waals surface area (Å²) in [6.45, 7) is 0. The molecule has 0 aliphatic rings. The molecule has 0 aliphatic heterocycles. The molecule has 0 fully saturated rings. The molecular formula is C17H15NO3. The van der Waals surface area contributed by atoms with Gasteiger partial charge < -0.3 is 14.5 Å². The SMILES string of the molecule is COC(=O)c1ccc2c(-c3ccc(OC)cc3)c[nH]c2c1. The molecule has 0 unspecified atom stereocenters. The predicted octanol–water partition coefficient (Wildman–Crippen LogP) is 3.63. The molecule has 4 heteroatoms. The Labute approximate surface area is 122 Å². The van der Waals surface area contributed by atoms with Gasteiger partial charge in [0.15, 0.2) is 0 Å². The van der Waals surface area contributed by atoms with Crippen molar-refractivity contribution in [3.8, 4) is 16.9 Å². The summed E-state index contributed by atoms with van der Waals surface area (Å²) in [4.78, 5) is 14.8. The number of methoxy groups -OCH3 is 2. The van der Waals surface area contributed by atoms with E-state index in [9.17, 15) is 4.79 Å². The molecule has 0 atom stereocenters. The minimum atomic E-state index is -0.336. The van der Waals surface area contributed by atoms with Crippen molar-refractivity contribution in [3.63, 3.8) is 0 Å². The summed E-state index contributed by atoms with van der Waals surface area (Å²) < 4.78 is 9.90. The second kappa shape index (κ2) is 5.32. The molecule has 106 valence electrons. The Morgan fingerprint density at radius 3 is 2.48 bits per heavy atom. The molecule has 0 saturated heterocycles. The number of nitrogens with one attached hydrogen (secondary N) is 1. The Morgan fingerprint density at radius 1 is 1.05 bits per heavy atom. The van der Waals surface area contributed by atoms with Gasteiger partial charge in [0.05, 0.1) is 19.8 Å². The summed E-state index contributed by atoms with van der Waals surface area (Å²) in [7, 11) is 3.03. The van der Waals surface area contributed by atoms with Gasteiger partial charge in [0.1, 0.15) is 5.75 Å². The van der Waals surface area contributed by atoms with E-state index in [1.54, 1.807) is 19.2 Å². The van der Waals surface area contributed by atoms with Crippen molar-refractivity contribution >= 4 is 16.9 Å². The molecule has 0 spiro atoms. The van der Waals surface area contributed by atoms with Crippen LogP contribution in [0.15, 0.2) is 48.7 Å². The van der Waals surface area contributed by atoms with E-state index in [1.165, 1.54) is 7.11 Å². The maximum Gasteiger partial charge on any atom is 0.337 e. The zero-order valence-corrected chi connectivity index (χ0v) is 11.8. The van der Waals surface area contributed by atoms with Crippen LogP contribution in [-0.4, -0.2) is 25.2 Å². The molecule has 0 saturated carbocycles. The molecule has 1 heterocycles. The van der Waals surface area contributed by atoms with Crippen LogP contribution < -0.4 is 4.74 Å². The van der Waals surface area contributed by atoms with E-state index in [2.05, 4.69) is 4.98 Å². The second-order valence-corrected chi connectivity index (χ2v) is 4.68.